The number of carbonyl (C=O) groups is 1. The van der Waals surface area contributed by atoms with Gasteiger partial charge in [0.05, 0.1) is 25.3 Å². The van der Waals surface area contributed by atoms with Crippen LogP contribution in [0.1, 0.15) is 17.0 Å². The quantitative estimate of drug-likeness (QED) is 0.721. The van der Waals surface area contributed by atoms with Gasteiger partial charge in [-0.1, -0.05) is 0 Å². The summed E-state index contributed by atoms with van der Waals surface area (Å²) < 4.78 is 4.96. The molecule has 0 aromatic carbocycles. The SMILES string of the molecule is COCCN(CCO)C(=O)Cc1c(C)n[nH]c1C. The van der Waals surface area contributed by atoms with E-state index in [1.165, 1.54) is 0 Å². The van der Waals surface area contributed by atoms with Gasteiger partial charge in [0.15, 0.2) is 0 Å². The number of ether oxygens (including phenoxy) is 1. The fourth-order valence-corrected chi connectivity index (χ4v) is 1.78. The number of aliphatic hydroxyl groups is 1. The Kier molecular flexibility index (Phi) is 5.80. The summed E-state index contributed by atoms with van der Waals surface area (Å²) >= 11 is 0. The number of H-pyrrole nitrogens is 1. The van der Waals surface area contributed by atoms with Crippen LogP contribution in [0.4, 0.5) is 0 Å². The van der Waals surface area contributed by atoms with Gasteiger partial charge in [0, 0.05) is 31.5 Å². The van der Waals surface area contributed by atoms with E-state index in [1.54, 1.807) is 12.0 Å². The van der Waals surface area contributed by atoms with Gasteiger partial charge in [-0.25, -0.2) is 0 Å². The number of carbonyl (C=O) groups excluding carboxylic acids is 1. The molecule has 0 saturated heterocycles. The number of aryl methyl sites for hydroxylation is 2. The molecule has 2 N–H and O–H groups in total. The molecule has 0 aliphatic carbocycles. The highest BCUT2D eigenvalue weighted by Crippen LogP contribution is 2.11. The van der Waals surface area contributed by atoms with Crippen LogP contribution in [-0.4, -0.2) is 59.5 Å². The molecule has 0 aliphatic rings. The number of methoxy groups -OCH3 is 1. The van der Waals surface area contributed by atoms with Crippen LogP contribution in [0.25, 0.3) is 0 Å². The average Bonchev–Trinajstić information content (AvgIpc) is 2.66. The van der Waals surface area contributed by atoms with Gasteiger partial charge in [-0.15, -0.1) is 0 Å². The highest BCUT2D eigenvalue weighted by Gasteiger charge is 2.17. The minimum absolute atomic E-state index is 0.0197. The predicted octanol–water partition coefficient (Wildman–Crippen LogP) is 0.0363. The van der Waals surface area contributed by atoms with E-state index in [0.717, 1.165) is 17.0 Å². The molecular formula is C12H21N3O3. The van der Waals surface area contributed by atoms with E-state index in [4.69, 9.17) is 9.84 Å². The summed E-state index contributed by atoms with van der Waals surface area (Å²) in [6.45, 7) is 5.02. The fourth-order valence-electron chi connectivity index (χ4n) is 1.78. The van der Waals surface area contributed by atoms with Gasteiger partial charge in [0.25, 0.3) is 0 Å². The zero-order valence-electron chi connectivity index (χ0n) is 11.2. The lowest BCUT2D eigenvalue weighted by Gasteiger charge is -2.21. The standard InChI is InChI=1S/C12H21N3O3/c1-9-11(10(2)14-13-9)8-12(17)15(4-6-16)5-7-18-3/h16H,4-8H2,1-3H3,(H,13,14). The molecule has 0 aliphatic heterocycles. The maximum Gasteiger partial charge on any atom is 0.227 e. The molecule has 1 rings (SSSR count). The Morgan fingerprint density at radius 2 is 2.17 bits per heavy atom. The van der Waals surface area contributed by atoms with E-state index in [2.05, 4.69) is 10.2 Å². The Bertz CT molecular complexity index is 370. The van der Waals surface area contributed by atoms with E-state index >= 15 is 0 Å². The van der Waals surface area contributed by atoms with E-state index in [-0.39, 0.29) is 12.5 Å². The number of hydrogen-bond acceptors (Lipinski definition) is 4. The monoisotopic (exact) mass is 255 g/mol. The molecule has 0 spiro atoms. The number of nitrogens with zero attached hydrogens (tertiary/aromatic N) is 2. The Labute approximate surface area is 107 Å². The van der Waals surface area contributed by atoms with Crippen LogP contribution in [0, 0.1) is 13.8 Å². The topological polar surface area (TPSA) is 78.5 Å². The normalized spacial score (nSPS) is 10.7. The first-order valence-corrected chi connectivity index (χ1v) is 5.98. The van der Waals surface area contributed by atoms with Gasteiger partial charge in [-0.3, -0.25) is 9.89 Å². The van der Waals surface area contributed by atoms with Crippen molar-refractivity contribution in [2.75, 3.05) is 33.4 Å². The molecule has 1 aromatic heterocycles. The van der Waals surface area contributed by atoms with Crippen LogP contribution in [-0.2, 0) is 16.0 Å². The number of aromatic nitrogens is 2. The first kappa shape index (κ1) is 14.7. The van der Waals surface area contributed by atoms with E-state index < -0.39 is 0 Å². The molecule has 0 radical (unpaired) electrons. The fraction of sp³-hybridized carbons (Fsp3) is 0.667. The van der Waals surface area contributed by atoms with E-state index in [1.807, 2.05) is 13.8 Å². The first-order valence-electron chi connectivity index (χ1n) is 5.98. The summed E-state index contributed by atoms with van der Waals surface area (Å²) in [5, 5.41) is 15.9. The highest BCUT2D eigenvalue weighted by molar-refractivity contribution is 5.79. The van der Waals surface area contributed by atoms with Crippen LogP contribution in [0.2, 0.25) is 0 Å². The maximum absolute atomic E-state index is 12.1. The van der Waals surface area contributed by atoms with Crippen molar-refractivity contribution >= 4 is 5.91 Å². The van der Waals surface area contributed by atoms with Crippen molar-refractivity contribution < 1.29 is 14.6 Å². The third-order valence-electron chi connectivity index (χ3n) is 2.90. The van der Waals surface area contributed by atoms with Crippen LogP contribution < -0.4 is 0 Å². The van der Waals surface area contributed by atoms with Crippen molar-refractivity contribution in [3.63, 3.8) is 0 Å². The molecule has 6 heteroatoms. The number of aliphatic hydroxyl groups excluding tert-OH is 1. The van der Waals surface area contributed by atoms with Crippen LogP contribution in [0.5, 0.6) is 0 Å². The van der Waals surface area contributed by atoms with Gasteiger partial charge in [-0.05, 0) is 13.8 Å². The van der Waals surface area contributed by atoms with Gasteiger partial charge < -0.3 is 14.7 Å². The number of hydrogen-bond donors (Lipinski definition) is 2. The van der Waals surface area contributed by atoms with Gasteiger partial charge in [0.2, 0.25) is 5.91 Å². The molecule has 0 atom stereocenters. The van der Waals surface area contributed by atoms with Gasteiger partial charge >= 0.3 is 0 Å². The van der Waals surface area contributed by atoms with Crippen molar-refractivity contribution in [2.45, 2.75) is 20.3 Å². The zero-order valence-corrected chi connectivity index (χ0v) is 11.2. The third kappa shape index (κ3) is 3.82. The van der Waals surface area contributed by atoms with Crippen molar-refractivity contribution in [3.8, 4) is 0 Å². The summed E-state index contributed by atoms with van der Waals surface area (Å²) in [7, 11) is 1.59. The minimum Gasteiger partial charge on any atom is -0.395 e. The molecule has 6 nitrogen and oxygen atoms in total. The molecule has 1 heterocycles. The first-order chi connectivity index (χ1) is 8.60. The Balaban J connectivity index is 2.66. The average molecular weight is 255 g/mol. The molecule has 1 aromatic rings. The van der Waals surface area contributed by atoms with E-state index in [9.17, 15) is 4.79 Å². The second-order valence-corrected chi connectivity index (χ2v) is 4.19. The number of amides is 1. The van der Waals surface area contributed by atoms with Crippen LogP contribution in [0.15, 0.2) is 0 Å². The lowest BCUT2D eigenvalue weighted by molar-refractivity contribution is -0.131. The Hall–Kier alpha value is -1.40. The van der Waals surface area contributed by atoms with Crippen LogP contribution >= 0.6 is 0 Å². The molecule has 0 fully saturated rings. The largest absolute Gasteiger partial charge is 0.395 e. The zero-order chi connectivity index (χ0) is 13.5. The summed E-state index contributed by atoms with van der Waals surface area (Å²) in [6.07, 6.45) is 0.303. The second-order valence-electron chi connectivity index (χ2n) is 4.19. The summed E-state index contributed by atoms with van der Waals surface area (Å²) in [6, 6.07) is 0. The van der Waals surface area contributed by atoms with Crippen molar-refractivity contribution in [1.82, 2.24) is 15.1 Å². The van der Waals surface area contributed by atoms with Crippen molar-refractivity contribution in [2.24, 2.45) is 0 Å². The summed E-state index contributed by atoms with van der Waals surface area (Å²) in [4.78, 5) is 13.7. The van der Waals surface area contributed by atoms with Gasteiger partial charge in [-0.2, -0.15) is 5.10 Å². The molecule has 0 bridgehead atoms. The molecule has 102 valence electrons. The molecule has 0 unspecified atom stereocenters. The minimum atomic E-state index is -0.0429. The predicted molar refractivity (Wildman–Crippen MR) is 67.3 cm³/mol. The Morgan fingerprint density at radius 1 is 1.44 bits per heavy atom. The maximum atomic E-state index is 12.1. The molecular weight excluding hydrogens is 234 g/mol. The van der Waals surface area contributed by atoms with Gasteiger partial charge in [0.1, 0.15) is 0 Å². The highest BCUT2D eigenvalue weighted by atomic mass is 16.5. The van der Waals surface area contributed by atoms with Crippen LogP contribution in [0.3, 0.4) is 0 Å². The van der Waals surface area contributed by atoms with Crippen molar-refractivity contribution in [3.05, 3.63) is 17.0 Å². The lowest BCUT2D eigenvalue weighted by Crippen LogP contribution is -2.37. The number of nitrogens with one attached hydrogen (secondary N) is 1. The Morgan fingerprint density at radius 3 is 2.67 bits per heavy atom. The molecule has 1 amide bonds. The number of aromatic amines is 1. The second kappa shape index (κ2) is 7.13. The lowest BCUT2D eigenvalue weighted by atomic mass is 10.1. The smallest absolute Gasteiger partial charge is 0.227 e. The van der Waals surface area contributed by atoms with E-state index in [0.29, 0.717) is 26.1 Å². The van der Waals surface area contributed by atoms with Crippen molar-refractivity contribution in [1.29, 1.82) is 0 Å². The summed E-state index contributed by atoms with van der Waals surface area (Å²) in [5.74, 6) is -0.0197. The third-order valence-corrected chi connectivity index (χ3v) is 2.90. The molecule has 0 saturated carbocycles. The summed E-state index contributed by atoms with van der Waals surface area (Å²) in [5.41, 5.74) is 2.69. The number of rotatable bonds is 7. The molecule has 18 heavy (non-hydrogen) atoms.